The lowest BCUT2D eigenvalue weighted by molar-refractivity contribution is 0.135. The summed E-state index contributed by atoms with van der Waals surface area (Å²) in [6.07, 6.45) is 0.836. The van der Waals surface area contributed by atoms with Gasteiger partial charge in [0.15, 0.2) is 17.2 Å². The molecule has 1 heterocycles. The lowest BCUT2D eigenvalue weighted by Gasteiger charge is -2.18. The molecular formula is C16H15Cl2NO2. The van der Waals surface area contributed by atoms with Crippen LogP contribution in [-0.4, -0.2) is 5.60 Å². The predicted octanol–water partition coefficient (Wildman–Crippen LogP) is 5.08. The number of hydrogen-bond acceptors (Lipinski definition) is 3. The number of anilines is 1. The van der Waals surface area contributed by atoms with Crippen LogP contribution in [0.25, 0.3) is 0 Å². The largest absolute Gasteiger partial charge is 0.483 e. The molecule has 0 unspecified atom stereocenters. The number of fused-ring (bicyclic) bond motifs is 1. The van der Waals surface area contributed by atoms with Crippen molar-refractivity contribution in [3.05, 3.63) is 45.9 Å². The first-order valence-corrected chi connectivity index (χ1v) is 7.34. The van der Waals surface area contributed by atoms with Crippen LogP contribution in [0.15, 0.2) is 30.3 Å². The molecule has 0 fully saturated rings. The van der Waals surface area contributed by atoms with Crippen molar-refractivity contribution < 1.29 is 9.47 Å². The van der Waals surface area contributed by atoms with Crippen molar-refractivity contribution in [1.82, 2.24) is 0 Å². The third kappa shape index (κ3) is 2.76. The van der Waals surface area contributed by atoms with Crippen molar-refractivity contribution in [3.8, 4) is 17.2 Å². The highest BCUT2D eigenvalue weighted by Crippen LogP contribution is 2.46. The fourth-order valence-electron chi connectivity index (χ4n) is 2.45. The molecular weight excluding hydrogens is 309 g/mol. The van der Waals surface area contributed by atoms with Crippen LogP contribution in [0.5, 0.6) is 17.2 Å². The van der Waals surface area contributed by atoms with Gasteiger partial charge in [0, 0.05) is 17.7 Å². The highest BCUT2D eigenvalue weighted by atomic mass is 35.5. The number of halogens is 2. The van der Waals surface area contributed by atoms with Crippen LogP contribution in [0, 0.1) is 0 Å². The molecule has 0 spiro atoms. The predicted molar refractivity (Wildman–Crippen MR) is 85.8 cm³/mol. The molecule has 21 heavy (non-hydrogen) atoms. The van der Waals surface area contributed by atoms with E-state index in [-0.39, 0.29) is 5.60 Å². The molecule has 2 aromatic carbocycles. The third-order valence-electron chi connectivity index (χ3n) is 3.29. The number of rotatable bonds is 2. The molecule has 3 rings (SSSR count). The Morgan fingerprint density at radius 3 is 2.52 bits per heavy atom. The van der Waals surface area contributed by atoms with E-state index in [9.17, 15) is 0 Å². The Labute approximate surface area is 133 Å². The van der Waals surface area contributed by atoms with Crippen LogP contribution >= 0.6 is 23.2 Å². The summed E-state index contributed by atoms with van der Waals surface area (Å²) in [7, 11) is 0. The molecule has 0 radical (unpaired) electrons. The zero-order valence-electron chi connectivity index (χ0n) is 11.7. The van der Waals surface area contributed by atoms with Crippen LogP contribution in [0.4, 0.5) is 5.69 Å². The maximum atomic E-state index is 6.16. The van der Waals surface area contributed by atoms with Crippen molar-refractivity contribution in [3.63, 3.8) is 0 Å². The van der Waals surface area contributed by atoms with Gasteiger partial charge in [0.05, 0.1) is 10.0 Å². The van der Waals surface area contributed by atoms with E-state index >= 15 is 0 Å². The van der Waals surface area contributed by atoms with Gasteiger partial charge in [-0.15, -0.1) is 0 Å². The number of ether oxygens (including phenoxy) is 2. The number of para-hydroxylation sites is 1. The zero-order valence-corrected chi connectivity index (χ0v) is 13.3. The van der Waals surface area contributed by atoms with E-state index in [2.05, 4.69) is 0 Å². The maximum absolute atomic E-state index is 6.16. The van der Waals surface area contributed by atoms with E-state index in [1.54, 1.807) is 12.1 Å². The summed E-state index contributed by atoms with van der Waals surface area (Å²) < 4.78 is 11.9. The van der Waals surface area contributed by atoms with Gasteiger partial charge in [-0.05, 0) is 32.0 Å². The second-order valence-corrected chi connectivity index (χ2v) is 6.51. The molecule has 0 bridgehead atoms. The zero-order chi connectivity index (χ0) is 15.2. The minimum Gasteiger partial charge on any atom is -0.483 e. The summed E-state index contributed by atoms with van der Waals surface area (Å²) in [5.74, 6) is 1.73. The molecule has 5 heteroatoms. The van der Waals surface area contributed by atoms with E-state index in [0.717, 1.165) is 17.7 Å². The smallest absolute Gasteiger partial charge is 0.169 e. The van der Waals surface area contributed by atoms with Crippen LogP contribution < -0.4 is 15.2 Å². The quantitative estimate of drug-likeness (QED) is 0.783. The summed E-state index contributed by atoms with van der Waals surface area (Å²) in [6, 6.07) is 9.01. The van der Waals surface area contributed by atoms with Crippen LogP contribution in [0.1, 0.15) is 19.4 Å². The first-order valence-electron chi connectivity index (χ1n) is 6.59. The van der Waals surface area contributed by atoms with E-state index in [1.165, 1.54) is 0 Å². The van der Waals surface area contributed by atoms with Crippen LogP contribution in [0.3, 0.4) is 0 Å². The highest BCUT2D eigenvalue weighted by molar-refractivity contribution is 6.37. The van der Waals surface area contributed by atoms with Crippen molar-refractivity contribution in [2.75, 3.05) is 5.73 Å². The number of nitrogen functional groups attached to an aromatic ring is 1. The summed E-state index contributed by atoms with van der Waals surface area (Å²) in [5, 5.41) is 0.740. The summed E-state index contributed by atoms with van der Waals surface area (Å²) in [6.45, 7) is 4.08. The van der Waals surface area contributed by atoms with Crippen molar-refractivity contribution in [1.29, 1.82) is 0 Å². The molecule has 0 saturated heterocycles. The van der Waals surface area contributed by atoms with Crippen molar-refractivity contribution >= 4 is 28.9 Å². The maximum Gasteiger partial charge on any atom is 0.169 e. The Balaban J connectivity index is 2.00. The standard InChI is InChI=1S/C16H15Cl2NO2/c1-16(2)8-9-4-3-5-13(14(9)21-16)20-15-11(17)6-10(19)7-12(15)18/h3-7H,8,19H2,1-2H3. The van der Waals surface area contributed by atoms with E-state index in [0.29, 0.717) is 27.2 Å². The lowest BCUT2D eigenvalue weighted by Crippen LogP contribution is -2.24. The van der Waals surface area contributed by atoms with Gasteiger partial charge in [0.2, 0.25) is 0 Å². The second-order valence-electron chi connectivity index (χ2n) is 5.70. The van der Waals surface area contributed by atoms with Gasteiger partial charge in [0.1, 0.15) is 5.60 Å². The fraction of sp³-hybridized carbons (Fsp3) is 0.250. The van der Waals surface area contributed by atoms with Crippen LogP contribution in [0.2, 0.25) is 10.0 Å². The van der Waals surface area contributed by atoms with Crippen LogP contribution in [-0.2, 0) is 6.42 Å². The van der Waals surface area contributed by atoms with Crippen molar-refractivity contribution in [2.24, 2.45) is 0 Å². The molecule has 0 aromatic heterocycles. The Morgan fingerprint density at radius 2 is 1.86 bits per heavy atom. The Morgan fingerprint density at radius 1 is 1.19 bits per heavy atom. The van der Waals surface area contributed by atoms with Gasteiger partial charge in [-0.2, -0.15) is 0 Å². The molecule has 110 valence electrons. The minimum absolute atomic E-state index is 0.240. The molecule has 0 saturated carbocycles. The average molecular weight is 324 g/mol. The number of benzene rings is 2. The first kappa shape index (κ1) is 14.4. The van der Waals surface area contributed by atoms with Gasteiger partial charge in [-0.3, -0.25) is 0 Å². The number of nitrogens with two attached hydrogens (primary N) is 1. The Kier molecular flexibility index (Phi) is 3.42. The second kappa shape index (κ2) is 5.00. The molecule has 1 aliphatic rings. The normalized spacial score (nSPS) is 15.4. The summed E-state index contributed by atoms with van der Waals surface area (Å²) in [5.41, 5.74) is 7.06. The Bertz CT molecular complexity index is 690. The number of hydrogen-bond donors (Lipinski definition) is 1. The summed E-state index contributed by atoms with van der Waals surface area (Å²) >= 11 is 12.3. The molecule has 1 aliphatic heterocycles. The third-order valence-corrected chi connectivity index (χ3v) is 3.85. The fourth-order valence-corrected chi connectivity index (χ4v) is 3.04. The van der Waals surface area contributed by atoms with E-state index < -0.39 is 0 Å². The van der Waals surface area contributed by atoms with Crippen molar-refractivity contribution in [2.45, 2.75) is 25.9 Å². The molecule has 2 N–H and O–H groups in total. The SMILES string of the molecule is CC1(C)Cc2cccc(Oc3c(Cl)cc(N)cc3Cl)c2O1. The topological polar surface area (TPSA) is 44.5 Å². The average Bonchev–Trinajstić information content (AvgIpc) is 2.68. The summed E-state index contributed by atoms with van der Waals surface area (Å²) in [4.78, 5) is 0. The van der Waals surface area contributed by atoms with E-state index in [4.69, 9.17) is 38.4 Å². The molecule has 3 nitrogen and oxygen atoms in total. The molecule has 2 aromatic rings. The Hall–Kier alpha value is -1.58. The highest BCUT2D eigenvalue weighted by Gasteiger charge is 2.32. The van der Waals surface area contributed by atoms with Gasteiger partial charge < -0.3 is 15.2 Å². The van der Waals surface area contributed by atoms with Gasteiger partial charge >= 0.3 is 0 Å². The molecule has 0 amide bonds. The minimum atomic E-state index is -0.240. The van der Waals surface area contributed by atoms with Gasteiger partial charge in [0.25, 0.3) is 0 Å². The van der Waals surface area contributed by atoms with Gasteiger partial charge in [-0.1, -0.05) is 35.3 Å². The molecule has 0 atom stereocenters. The molecule has 0 aliphatic carbocycles. The van der Waals surface area contributed by atoms with E-state index in [1.807, 2.05) is 32.0 Å². The monoisotopic (exact) mass is 323 g/mol. The van der Waals surface area contributed by atoms with Gasteiger partial charge in [-0.25, -0.2) is 0 Å². The first-order chi connectivity index (χ1) is 9.85. The lowest BCUT2D eigenvalue weighted by atomic mass is 10.0.